The smallest absolute Gasteiger partial charge is 0.191 e. The van der Waals surface area contributed by atoms with Crippen molar-refractivity contribution >= 4 is 35.2 Å². The van der Waals surface area contributed by atoms with Crippen LogP contribution in [-0.4, -0.2) is 16.6 Å². The Labute approximate surface area is 95.8 Å². The predicted molar refractivity (Wildman–Crippen MR) is 61.9 cm³/mol. The molecule has 0 saturated carbocycles. The van der Waals surface area contributed by atoms with Gasteiger partial charge in [-0.1, -0.05) is 11.8 Å². The highest BCUT2D eigenvalue weighted by atomic mass is 35.5. The van der Waals surface area contributed by atoms with Gasteiger partial charge in [-0.2, -0.15) is 0 Å². The zero-order valence-corrected chi connectivity index (χ0v) is 9.16. The number of phenols is 1. The monoisotopic (exact) mass is 244 g/mol. The van der Waals surface area contributed by atoms with Gasteiger partial charge in [0.2, 0.25) is 0 Å². The molecule has 1 atom stereocenters. The molecule has 0 aliphatic carbocycles. The summed E-state index contributed by atoms with van der Waals surface area (Å²) in [7, 11) is 0. The molecule has 5 N–H and O–H groups in total. The number of fused-ring (bicyclic) bond motifs is 1. The number of guanidine groups is 1. The first-order valence-electron chi connectivity index (χ1n) is 4.11. The number of benzene rings is 1. The largest absolute Gasteiger partial charge is 0.508 e. The molecule has 15 heavy (non-hydrogen) atoms. The predicted octanol–water partition coefficient (Wildman–Crippen LogP) is 1.02. The van der Waals surface area contributed by atoms with E-state index in [1.54, 1.807) is 18.2 Å². The van der Waals surface area contributed by atoms with Gasteiger partial charge in [0.25, 0.3) is 0 Å². The molecule has 5 nitrogen and oxygen atoms in total. The second-order valence-corrected chi connectivity index (χ2v) is 4.42. The van der Waals surface area contributed by atoms with Crippen molar-refractivity contribution in [1.82, 2.24) is 0 Å². The lowest BCUT2D eigenvalue weighted by Crippen LogP contribution is -2.28. The maximum absolute atomic E-state index is 9.29. The molecule has 2 rings (SSSR count). The molecular weight excluding hydrogens is 236 g/mol. The Morgan fingerprint density at radius 3 is 2.93 bits per heavy atom. The van der Waals surface area contributed by atoms with Gasteiger partial charge in [-0.3, -0.25) is 4.42 Å². The van der Waals surface area contributed by atoms with Crippen molar-refractivity contribution in [3.63, 3.8) is 0 Å². The van der Waals surface area contributed by atoms with Crippen LogP contribution >= 0.6 is 23.5 Å². The van der Waals surface area contributed by atoms with E-state index in [9.17, 15) is 5.11 Å². The molecular formula is C8H9ClN4OS. The third-order valence-electron chi connectivity index (χ3n) is 1.86. The number of aliphatic imine (C=N–C) groups is 1. The van der Waals surface area contributed by atoms with Gasteiger partial charge >= 0.3 is 0 Å². The van der Waals surface area contributed by atoms with Gasteiger partial charge in [-0.25, -0.2) is 4.99 Å². The molecule has 1 heterocycles. The molecule has 0 spiro atoms. The third kappa shape index (κ3) is 1.91. The number of anilines is 1. The van der Waals surface area contributed by atoms with Crippen LogP contribution in [0.3, 0.4) is 0 Å². The topological polar surface area (TPSA) is 87.9 Å². The van der Waals surface area contributed by atoms with E-state index in [-0.39, 0.29) is 17.2 Å². The summed E-state index contributed by atoms with van der Waals surface area (Å²) < 4.78 is 1.43. The number of nitrogens with zero attached hydrogens (tertiary/aromatic N) is 2. The minimum atomic E-state index is -0.381. The summed E-state index contributed by atoms with van der Waals surface area (Å²) in [6.07, 6.45) is 0. The van der Waals surface area contributed by atoms with Crippen LogP contribution in [0, 0.1) is 0 Å². The molecule has 0 bridgehead atoms. The van der Waals surface area contributed by atoms with Crippen molar-refractivity contribution in [2.75, 3.05) is 4.42 Å². The van der Waals surface area contributed by atoms with E-state index in [4.69, 9.17) is 23.2 Å². The van der Waals surface area contributed by atoms with Gasteiger partial charge in [0.15, 0.2) is 11.5 Å². The molecule has 1 unspecified atom stereocenters. The first-order valence-corrected chi connectivity index (χ1v) is 5.33. The van der Waals surface area contributed by atoms with Crippen LogP contribution in [0.5, 0.6) is 5.75 Å². The maximum atomic E-state index is 9.29. The van der Waals surface area contributed by atoms with E-state index in [0.29, 0.717) is 0 Å². The maximum Gasteiger partial charge on any atom is 0.191 e. The molecule has 1 aliphatic rings. The number of rotatable bonds is 1. The summed E-state index contributed by atoms with van der Waals surface area (Å²) in [5, 5.41) is 9.29. The summed E-state index contributed by atoms with van der Waals surface area (Å²) in [6.45, 7) is 0. The Balaban J connectivity index is 2.33. The molecule has 0 aromatic heterocycles. The SMILES string of the molecule is NC(N)=NC1Sc2cc(O)ccc2N1Cl. The van der Waals surface area contributed by atoms with Gasteiger partial charge in [0.1, 0.15) is 5.75 Å². The normalized spacial score (nSPS) is 18.7. The Morgan fingerprint density at radius 2 is 2.27 bits per heavy atom. The minimum Gasteiger partial charge on any atom is -0.508 e. The number of phenolic OH excluding ortho intramolecular Hbond substituents is 1. The lowest BCUT2D eigenvalue weighted by molar-refractivity contribution is 0.474. The number of thioether (sulfide) groups is 1. The van der Waals surface area contributed by atoms with Gasteiger partial charge in [0, 0.05) is 16.7 Å². The van der Waals surface area contributed by atoms with Crippen molar-refractivity contribution in [2.24, 2.45) is 16.5 Å². The Morgan fingerprint density at radius 1 is 1.53 bits per heavy atom. The van der Waals surface area contributed by atoms with Crippen LogP contribution in [0.2, 0.25) is 0 Å². The molecule has 0 saturated heterocycles. The van der Waals surface area contributed by atoms with Crippen molar-refractivity contribution in [2.45, 2.75) is 10.4 Å². The quantitative estimate of drug-likeness (QED) is 0.390. The second-order valence-electron chi connectivity index (χ2n) is 2.96. The van der Waals surface area contributed by atoms with Crippen LogP contribution in [0.15, 0.2) is 28.1 Å². The van der Waals surface area contributed by atoms with Gasteiger partial charge in [-0.15, -0.1) is 0 Å². The number of halogens is 1. The summed E-state index contributed by atoms with van der Waals surface area (Å²) in [5.74, 6) is 0.173. The van der Waals surface area contributed by atoms with Crippen LogP contribution in [0.25, 0.3) is 0 Å². The fourth-order valence-electron chi connectivity index (χ4n) is 1.26. The van der Waals surface area contributed by atoms with E-state index >= 15 is 0 Å². The lowest BCUT2D eigenvalue weighted by atomic mass is 10.3. The van der Waals surface area contributed by atoms with Crippen LogP contribution in [0.1, 0.15) is 0 Å². The van der Waals surface area contributed by atoms with Crippen molar-refractivity contribution in [3.8, 4) is 5.75 Å². The number of nitrogens with two attached hydrogens (primary N) is 2. The number of hydrogen-bond donors (Lipinski definition) is 3. The molecule has 1 aromatic carbocycles. The summed E-state index contributed by atoms with van der Waals surface area (Å²) in [5.41, 5.74) is 11.0. The molecule has 7 heteroatoms. The van der Waals surface area contributed by atoms with E-state index in [1.165, 1.54) is 16.2 Å². The standard InChI is InChI=1S/C8H9ClN4OS/c9-13-5-2-1-4(14)3-6(5)15-8(13)12-7(10)11/h1-3,8,14H,(H4,10,11,12). The molecule has 0 radical (unpaired) electrons. The molecule has 80 valence electrons. The van der Waals surface area contributed by atoms with E-state index < -0.39 is 0 Å². The number of aromatic hydroxyl groups is 1. The molecule has 1 aromatic rings. The van der Waals surface area contributed by atoms with Crippen LogP contribution in [0.4, 0.5) is 5.69 Å². The molecule has 0 fully saturated rings. The average molecular weight is 245 g/mol. The fourth-order valence-corrected chi connectivity index (χ4v) is 2.70. The van der Waals surface area contributed by atoms with E-state index in [2.05, 4.69) is 4.99 Å². The first-order chi connectivity index (χ1) is 7.08. The highest BCUT2D eigenvalue weighted by molar-refractivity contribution is 8.00. The van der Waals surface area contributed by atoms with Crippen LogP contribution < -0.4 is 15.9 Å². The zero-order chi connectivity index (χ0) is 11.0. The Kier molecular flexibility index (Phi) is 2.54. The average Bonchev–Trinajstić information content (AvgIpc) is 2.42. The number of hydrogen-bond acceptors (Lipinski definition) is 4. The molecule has 0 amide bonds. The van der Waals surface area contributed by atoms with E-state index in [0.717, 1.165) is 10.6 Å². The molecule has 1 aliphatic heterocycles. The highest BCUT2D eigenvalue weighted by Gasteiger charge is 2.29. The third-order valence-corrected chi connectivity index (χ3v) is 3.45. The van der Waals surface area contributed by atoms with Crippen molar-refractivity contribution < 1.29 is 5.11 Å². The summed E-state index contributed by atoms with van der Waals surface area (Å²) in [6, 6.07) is 4.90. The van der Waals surface area contributed by atoms with E-state index in [1.807, 2.05) is 0 Å². The fraction of sp³-hybridized carbons (Fsp3) is 0.125. The first kappa shape index (κ1) is 10.3. The second kappa shape index (κ2) is 3.71. The van der Waals surface area contributed by atoms with Gasteiger partial charge < -0.3 is 16.6 Å². The van der Waals surface area contributed by atoms with Gasteiger partial charge in [-0.05, 0) is 18.2 Å². The van der Waals surface area contributed by atoms with Crippen molar-refractivity contribution in [3.05, 3.63) is 18.2 Å². The lowest BCUT2D eigenvalue weighted by Gasteiger charge is -2.13. The van der Waals surface area contributed by atoms with Crippen molar-refractivity contribution in [1.29, 1.82) is 0 Å². The Hall–Kier alpha value is -1.27. The summed E-state index contributed by atoms with van der Waals surface area (Å²) in [4.78, 5) is 4.80. The Bertz CT molecular complexity index is 421. The minimum absolute atomic E-state index is 0.0184. The highest BCUT2D eigenvalue weighted by Crippen LogP contribution is 2.46. The van der Waals surface area contributed by atoms with Gasteiger partial charge in [0.05, 0.1) is 5.69 Å². The summed E-state index contributed by atoms with van der Waals surface area (Å²) >= 11 is 7.39. The zero-order valence-electron chi connectivity index (χ0n) is 7.59. The van der Waals surface area contributed by atoms with Crippen LogP contribution in [-0.2, 0) is 0 Å².